The van der Waals surface area contributed by atoms with Crippen LogP contribution < -0.4 is 0 Å². The minimum absolute atomic E-state index is 0.0204. The molecule has 0 radical (unpaired) electrons. The van der Waals surface area contributed by atoms with Crippen molar-refractivity contribution >= 4 is 17.5 Å². The summed E-state index contributed by atoms with van der Waals surface area (Å²) >= 11 is 6.62. The van der Waals surface area contributed by atoms with E-state index >= 15 is 0 Å². The molecule has 0 saturated carbocycles. The Kier molecular flexibility index (Phi) is 4.90. The van der Waals surface area contributed by atoms with Crippen molar-refractivity contribution in [3.8, 4) is 0 Å². The molecule has 1 aliphatic heterocycles. The van der Waals surface area contributed by atoms with Crippen molar-refractivity contribution in [3.63, 3.8) is 0 Å². The summed E-state index contributed by atoms with van der Waals surface area (Å²) in [6.07, 6.45) is 3.53. The van der Waals surface area contributed by atoms with Crippen molar-refractivity contribution in [2.24, 2.45) is 5.92 Å². The van der Waals surface area contributed by atoms with Crippen molar-refractivity contribution in [1.29, 1.82) is 0 Å². The van der Waals surface area contributed by atoms with E-state index in [4.69, 9.17) is 11.6 Å². The van der Waals surface area contributed by atoms with Gasteiger partial charge < -0.3 is 4.90 Å². The summed E-state index contributed by atoms with van der Waals surface area (Å²) in [4.78, 5) is 18.9. The zero-order valence-corrected chi connectivity index (χ0v) is 15.1. The van der Waals surface area contributed by atoms with Crippen molar-refractivity contribution in [3.05, 3.63) is 46.5 Å². The first kappa shape index (κ1) is 17.0. The Hall–Kier alpha value is -1.88. The highest BCUT2D eigenvalue weighted by Crippen LogP contribution is 2.38. The normalized spacial score (nSPS) is 17.7. The zero-order valence-electron chi connectivity index (χ0n) is 14.4. The van der Waals surface area contributed by atoms with Crippen LogP contribution in [0.25, 0.3) is 0 Å². The van der Waals surface area contributed by atoms with Gasteiger partial charge in [-0.15, -0.1) is 0 Å². The predicted molar refractivity (Wildman–Crippen MR) is 94.1 cm³/mol. The summed E-state index contributed by atoms with van der Waals surface area (Å²) in [5, 5.41) is 5.25. The lowest BCUT2D eigenvalue weighted by molar-refractivity contribution is 0.0729. The summed E-state index contributed by atoms with van der Waals surface area (Å²) in [6, 6.07) is 5.39. The highest BCUT2D eigenvalue weighted by molar-refractivity contribution is 6.30. The largest absolute Gasteiger partial charge is 0.330 e. The number of hydrogen-bond acceptors (Lipinski definition) is 3. The number of likely N-dealkylation sites (tertiary alicyclic amines) is 1. The first-order valence-electron chi connectivity index (χ1n) is 8.43. The summed E-state index contributed by atoms with van der Waals surface area (Å²) in [5.41, 5.74) is 2.37. The van der Waals surface area contributed by atoms with Crippen molar-refractivity contribution in [2.75, 3.05) is 6.54 Å². The lowest BCUT2D eigenvalue weighted by Gasteiger charge is -2.24. The average Bonchev–Trinajstić information content (AvgIpc) is 3.12. The van der Waals surface area contributed by atoms with Crippen LogP contribution in [-0.4, -0.2) is 32.1 Å². The summed E-state index contributed by atoms with van der Waals surface area (Å²) < 4.78 is 1.86. The van der Waals surface area contributed by atoms with Gasteiger partial charge in [0, 0.05) is 24.8 Å². The number of halogens is 1. The quantitative estimate of drug-likeness (QED) is 0.844. The smallest absolute Gasteiger partial charge is 0.272 e. The van der Waals surface area contributed by atoms with E-state index in [9.17, 15) is 4.79 Å². The van der Waals surface area contributed by atoms with Crippen LogP contribution in [-0.2, 0) is 6.54 Å². The third kappa shape index (κ3) is 3.18. The van der Waals surface area contributed by atoms with Crippen LogP contribution >= 0.6 is 11.6 Å². The van der Waals surface area contributed by atoms with E-state index in [1.165, 1.54) is 0 Å². The number of carbonyl (C=O) groups is 1. The van der Waals surface area contributed by atoms with E-state index in [1.807, 2.05) is 28.6 Å². The van der Waals surface area contributed by atoms with Gasteiger partial charge in [-0.05, 0) is 37.8 Å². The first-order valence-corrected chi connectivity index (χ1v) is 8.81. The van der Waals surface area contributed by atoms with E-state index in [-0.39, 0.29) is 11.9 Å². The highest BCUT2D eigenvalue weighted by Gasteiger charge is 2.35. The van der Waals surface area contributed by atoms with Crippen LogP contribution in [0.15, 0.2) is 24.4 Å². The molecule has 1 amide bonds. The SMILES string of the molecule is Cc1nn(CC(C)C)c(Cl)c1C1CCCN1C(=O)c1ccccn1. The third-order valence-corrected chi connectivity index (χ3v) is 4.78. The van der Waals surface area contributed by atoms with Crippen LogP contribution in [0.5, 0.6) is 0 Å². The summed E-state index contributed by atoms with van der Waals surface area (Å²) in [7, 11) is 0. The second kappa shape index (κ2) is 6.93. The van der Waals surface area contributed by atoms with Gasteiger partial charge in [-0.1, -0.05) is 31.5 Å². The number of aromatic nitrogens is 3. The van der Waals surface area contributed by atoms with E-state index < -0.39 is 0 Å². The monoisotopic (exact) mass is 346 g/mol. The fourth-order valence-electron chi connectivity index (χ4n) is 3.36. The number of carbonyl (C=O) groups excluding carboxylic acids is 1. The molecule has 2 aromatic rings. The molecule has 3 rings (SSSR count). The van der Waals surface area contributed by atoms with Crippen LogP contribution in [0, 0.1) is 12.8 Å². The fourth-order valence-corrected chi connectivity index (χ4v) is 3.73. The van der Waals surface area contributed by atoms with E-state index in [1.54, 1.807) is 12.3 Å². The molecule has 6 heteroatoms. The molecule has 128 valence electrons. The van der Waals surface area contributed by atoms with Gasteiger partial charge in [0.2, 0.25) is 0 Å². The fraction of sp³-hybridized carbons (Fsp3) is 0.500. The number of aryl methyl sites for hydroxylation is 1. The van der Waals surface area contributed by atoms with Gasteiger partial charge in [-0.2, -0.15) is 5.10 Å². The minimum atomic E-state index is -0.0369. The molecular formula is C18H23ClN4O. The van der Waals surface area contributed by atoms with E-state index in [0.717, 1.165) is 37.2 Å². The standard InChI is InChI=1S/C18H23ClN4O/c1-12(2)11-23-17(19)16(13(3)21-23)15-8-6-10-22(15)18(24)14-7-4-5-9-20-14/h4-5,7,9,12,15H,6,8,10-11H2,1-3H3. The zero-order chi connectivity index (χ0) is 17.3. The lowest BCUT2D eigenvalue weighted by atomic mass is 10.1. The molecule has 0 aliphatic carbocycles. The Balaban J connectivity index is 1.91. The number of hydrogen-bond donors (Lipinski definition) is 0. The Labute approximate surface area is 147 Å². The maximum absolute atomic E-state index is 12.8. The minimum Gasteiger partial charge on any atom is -0.330 e. The van der Waals surface area contributed by atoms with Crippen molar-refractivity contribution in [2.45, 2.75) is 46.2 Å². The number of pyridine rings is 1. The Morgan fingerprint density at radius 2 is 2.21 bits per heavy atom. The molecule has 0 N–H and O–H groups in total. The van der Waals surface area contributed by atoms with Crippen LogP contribution in [0.2, 0.25) is 5.15 Å². The average molecular weight is 347 g/mol. The molecule has 1 atom stereocenters. The maximum atomic E-state index is 12.8. The van der Waals surface area contributed by atoms with Gasteiger partial charge in [-0.3, -0.25) is 14.5 Å². The van der Waals surface area contributed by atoms with Crippen LogP contribution in [0.4, 0.5) is 0 Å². The number of rotatable bonds is 4. The van der Waals surface area contributed by atoms with Gasteiger partial charge >= 0.3 is 0 Å². The molecule has 1 fully saturated rings. The molecule has 3 heterocycles. The maximum Gasteiger partial charge on any atom is 0.272 e. The molecule has 5 nitrogen and oxygen atoms in total. The molecule has 0 spiro atoms. The summed E-state index contributed by atoms with van der Waals surface area (Å²) in [5.74, 6) is 0.426. The van der Waals surface area contributed by atoms with Crippen molar-refractivity contribution in [1.82, 2.24) is 19.7 Å². The number of amides is 1. The first-order chi connectivity index (χ1) is 11.5. The van der Waals surface area contributed by atoms with Gasteiger partial charge in [0.05, 0.1) is 11.7 Å². The molecule has 0 aromatic carbocycles. The van der Waals surface area contributed by atoms with Crippen LogP contribution in [0.1, 0.15) is 54.5 Å². The summed E-state index contributed by atoms with van der Waals surface area (Å²) in [6.45, 7) is 7.75. The Morgan fingerprint density at radius 1 is 1.42 bits per heavy atom. The topological polar surface area (TPSA) is 51.0 Å². The van der Waals surface area contributed by atoms with Gasteiger partial charge in [0.1, 0.15) is 10.8 Å². The number of nitrogens with zero attached hydrogens (tertiary/aromatic N) is 4. The van der Waals surface area contributed by atoms with Crippen LogP contribution in [0.3, 0.4) is 0 Å². The highest BCUT2D eigenvalue weighted by atomic mass is 35.5. The van der Waals surface area contributed by atoms with E-state index in [0.29, 0.717) is 16.8 Å². The molecule has 1 saturated heterocycles. The van der Waals surface area contributed by atoms with Gasteiger partial charge in [0.15, 0.2) is 0 Å². The molecule has 1 aliphatic rings. The molecule has 24 heavy (non-hydrogen) atoms. The second-order valence-corrected chi connectivity index (χ2v) is 7.10. The molecule has 1 unspecified atom stereocenters. The lowest BCUT2D eigenvalue weighted by Crippen LogP contribution is -2.31. The second-order valence-electron chi connectivity index (χ2n) is 6.74. The van der Waals surface area contributed by atoms with Crippen molar-refractivity contribution < 1.29 is 4.79 Å². The third-order valence-electron chi connectivity index (χ3n) is 4.38. The predicted octanol–water partition coefficient (Wildman–Crippen LogP) is 3.87. The Morgan fingerprint density at radius 3 is 2.88 bits per heavy atom. The van der Waals surface area contributed by atoms with Gasteiger partial charge in [-0.25, -0.2) is 0 Å². The Bertz CT molecular complexity index is 726. The molecule has 2 aromatic heterocycles. The van der Waals surface area contributed by atoms with E-state index in [2.05, 4.69) is 23.9 Å². The molecule has 0 bridgehead atoms. The van der Waals surface area contributed by atoms with Gasteiger partial charge in [0.25, 0.3) is 5.91 Å². The molecular weight excluding hydrogens is 324 g/mol.